The number of rotatable bonds is 16. The summed E-state index contributed by atoms with van der Waals surface area (Å²) >= 11 is 0. The lowest BCUT2D eigenvalue weighted by atomic mass is 10.5. The van der Waals surface area contributed by atoms with Crippen molar-refractivity contribution in [1.82, 2.24) is 0 Å². The first-order chi connectivity index (χ1) is 14.3. The van der Waals surface area contributed by atoms with E-state index in [4.69, 9.17) is 21.2 Å². The predicted octanol–water partition coefficient (Wildman–Crippen LogP) is 5.71. The van der Waals surface area contributed by atoms with Crippen molar-refractivity contribution in [2.75, 3.05) is 6.61 Å². The van der Waals surface area contributed by atoms with Gasteiger partial charge in [-0.3, -0.25) is 0 Å². The van der Waals surface area contributed by atoms with Gasteiger partial charge in [-0.05, 0) is 97.4 Å². The van der Waals surface area contributed by atoms with E-state index in [0.29, 0.717) is 6.61 Å². The van der Waals surface area contributed by atoms with Crippen LogP contribution in [0.15, 0.2) is 12.2 Å². The minimum Gasteiger partial charge on any atom is -0.463 e. The van der Waals surface area contributed by atoms with Gasteiger partial charge in [0.15, 0.2) is 33.3 Å². The number of allylic oxidation sites excluding steroid dienone is 1. The molecule has 0 aliphatic heterocycles. The topological polar surface area (TPSA) is 63.2 Å². The molecule has 0 aromatic heterocycles. The van der Waals surface area contributed by atoms with Gasteiger partial charge >= 0.3 is 14.8 Å². The molecule has 32 heavy (non-hydrogen) atoms. The predicted molar refractivity (Wildman–Crippen MR) is 151 cm³/mol. The summed E-state index contributed by atoms with van der Waals surface area (Å²) in [5.74, 6) is -0.265. The Balaban J connectivity index is 5.05. The molecule has 0 aliphatic carbocycles. The molecule has 0 aliphatic rings. The van der Waals surface area contributed by atoms with Crippen LogP contribution in [-0.4, -0.2) is 64.4 Å². The van der Waals surface area contributed by atoms with Gasteiger partial charge in [-0.25, -0.2) is 4.79 Å². The van der Waals surface area contributed by atoms with Gasteiger partial charge in [0.2, 0.25) is 0 Å². The summed E-state index contributed by atoms with van der Waals surface area (Å²) in [5.41, 5.74) is 0. The van der Waals surface area contributed by atoms with Gasteiger partial charge in [-0.15, -0.1) is 0 Å². The van der Waals surface area contributed by atoms with Gasteiger partial charge < -0.3 is 21.2 Å². The number of esters is 1. The maximum atomic E-state index is 11.4. The van der Waals surface area contributed by atoms with Crippen molar-refractivity contribution in [2.24, 2.45) is 0 Å². The highest BCUT2D eigenvalue weighted by atomic mass is 28.5. The largest absolute Gasteiger partial charge is 0.469 e. The van der Waals surface area contributed by atoms with Crippen molar-refractivity contribution in [3.8, 4) is 0 Å². The lowest BCUT2D eigenvalue weighted by molar-refractivity contribution is -0.137. The van der Waals surface area contributed by atoms with Crippen LogP contribution < -0.4 is 0 Å². The molecule has 0 aromatic rings. The summed E-state index contributed by atoms with van der Waals surface area (Å²) in [7, 11) is -10.8. The molecule has 0 unspecified atom stereocenters. The number of carbonyl (C=O) groups excluding carboxylic acids is 1. The van der Waals surface area contributed by atoms with Crippen LogP contribution in [0, 0.1) is 0 Å². The molecule has 6 nitrogen and oxygen atoms in total. The lowest BCUT2D eigenvalue weighted by Gasteiger charge is -2.43. The molecule has 0 amide bonds. The maximum Gasteiger partial charge on any atom is 0.469 e. The second kappa shape index (κ2) is 13.4. The molecule has 0 saturated carbocycles. The molecule has 0 aromatic carbocycles. The average molecular weight is 555 g/mol. The lowest BCUT2D eigenvalue weighted by Crippen LogP contribution is -2.61. The molecule has 0 rings (SSSR count). The van der Waals surface area contributed by atoms with Crippen molar-refractivity contribution in [3.63, 3.8) is 0 Å². The zero-order chi connectivity index (χ0) is 25.3. The van der Waals surface area contributed by atoms with Gasteiger partial charge in [0.1, 0.15) is 9.76 Å². The van der Waals surface area contributed by atoms with Crippen LogP contribution in [0.4, 0.5) is 0 Å². The van der Waals surface area contributed by atoms with Crippen molar-refractivity contribution >= 4 is 57.8 Å². The van der Waals surface area contributed by atoms with Crippen LogP contribution >= 0.6 is 0 Å². The number of hydrogen-bond donors (Lipinski definition) is 0. The number of hydrogen-bond acceptors (Lipinski definition) is 6. The Morgan fingerprint density at radius 1 is 0.781 bits per heavy atom. The monoisotopic (exact) mass is 554 g/mol. The Hall–Kier alpha value is 0.351. The van der Waals surface area contributed by atoms with Crippen LogP contribution in [-0.2, 0) is 26.0 Å². The van der Waals surface area contributed by atoms with Crippen molar-refractivity contribution in [1.29, 1.82) is 0 Å². The molecule has 0 N–H and O–H groups in total. The van der Waals surface area contributed by atoms with Gasteiger partial charge in [0, 0.05) is 12.1 Å². The summed E-state index contributed by atoms with van der Waals surface area (Å²) in [6, 6.07) is 2.85. The highest BCUT2D eigenvalue weighted by Gasteiger charge is 2.50. The van der Waals surface area contributed by atoms with E-state index in [1.165, 1.54) is 6.08 Å². The van der Waals surface area contributed by atoms with Crippen molar-refractivity contribution in [2.45, 2.75) is 103 Å². The quantitative estimate of drug-likeness (QED) is 0.105. The molecule has 0 radical (unpaired) electrons. The van der Waals surface area contributed by atoms with Gasteiger partial charge in [-0.2, -0.15) is 0 Å². The molecule has 0 saturated heterocycles. The number of carbonyl (C=O) groups is 1. The molecular formula is C20H50O6Si6. The van der Waals surface area contributed by atoms with E-state index in [2.05, 4.69) is 72.0 Å². The van der Waals surface area contributed by atoms with E-state index >= 15 is 0 Å². The van der Waals surface area contributed by atoms with E-state index in [1.807, 2.05) is 6.92 Å². The average Bonchev–Trinajstić information content (AvgIpc) is 2.52. The third kappa shape index (κ3) is 17.8. The highest BCUT2D eigenvalue weighted by Crippen LogP contribution is 2.32. The first kappa shape index (κ1) is 32.4. The minimum atomic E-state index is -2.80. The van der Waals surface area contributed by atoms with Crippen LogP contribution in [0.2, 0.25) is 90.1 Å². The van der Waals surface area contributed by atoms with Gasteiger partial charge in [0.25, 0.3) is 0 Å². The van der Waals surface area contributed by atoms with E-state index in [9.17, 15) is 4.79 Å². The second-order valence-electron chi connectivity index (χ2n) is 11.8. The summed E-state index contributed by atoms with van der Waals surface area (Å²) in [4.78, 5) is 11.4. The molecule has 0 fully saturated rings. The summed E-state index contributed by atoms with van der Waals surface area (Å²) in [5, 5.41) is 0. The summed E-state index contributed by atoms with van der Waals surface area (Å²) < 4.78 is 32.0. The third-order valence-electron chi connectivity index (χ3n) is 4.00. The molecule has 190 valence electrons. The van der Waals surface area contributed by atoms with E-state index in [-0.39, 0.29) is 5.97 Å². The Bertz CT molecular complexity index is 552. The molecular weight excluding hydrogens is 505 g/mol. The molecule has 0 atom stereocenters. The Kier molecular flexibility index (Phi) is 13.6. The fraction of sp³-hybridized carbons (Fsp3) is 0.850. The summed E-state index contributed by atoms with van der Waals surface area (Å²) in [6.45, 7) is 26.9. The molecule has 0 spiro atoms. The standard InChI is InChI=1S/C20H50O6Si6/c1-13-15-20(21)22-16-14-17-27-23-31(11,12)18-19-32(24-28(2,3)4,25-29(5,6)7)26-30(8,9)10/h13,15H,14,16-19,27H2,1-12H3. The smallest absolute Gasteiger partial charge is 0.463 e. The molecule has 12 heteroatoms. The SMILES string of the molecule is CC=CC(=O)OCCC[SiH2]O[Si](C)(C)CC[Si](O[Si](C)(C)C)(O[Si](C)(C)C)O[Si](C)(C)C. The minimum absolute atomic E-state index is 0.265. The number of ether oxygens (including phenoxy) is 1. The first-order valence-electron chi connectivity index (χ1n) is 11.8. The zero-order valence-electron chi connectivity index (χ0n) is 22.8. The van der Waals surface area contributed by atoms with Crippen LogP contribution in [0.1, 0.15) is 13.3 Å². The molecule has 0 heterocycles. The first-order valence-corrected chi connectivity index (χ1v) is 28.7. The fourth-order valence-electron chi connectivity index (χ4n) is 3.05. The van der Waals surface area contributed by atoms with E-state index < -0.39 is 51.8 Å². The van der Waals surface area contributed by atoms with Crippen molar-refractivity contribution < 1.29 is 26.0 Å². The Labute approximate surface area is 205 Å². The van der Waals surface area contributed by atoms with Crippen LogP contribution in [0.5, 0.6) is 0 Å². The van der Waals surface area contributed by atoms with Crippen LogP contribution in [0.25, 0.3) is 0 Å². The third-order valence-corrected chi connectivity index (χ3v) is 22.6. The maximum absolute atomic E-state index is 11.4. The van der Waals surface area contributed by atoms with Crippen LogP contribution in [0.3, 0.4) is 0 Å². The Morgan fingerprint density at radius 2 is 1.25 bits per heavy atom. The normalized spacial score (nSPS) is 14.6. The fourth-order valence-corrected chi connectivity index (χ4v) is 24.5. The molecule has 0 bridgehead atoms. The zero-order valence-corrected chi connectivity index (χ0v) is 29.3. The highest BCUT2D eigenvalue weighted by molar-refractivity contribution is 6.90. The second-order valence-corrected chi connectivity index (χ2v) is 35.1. The van der Waals surface area contributed by atoms with E-state index in [0.717, 1.165) is 24.6 Å². The Morgan fingerprint density at radius 3 is 1.66 bits per heavy atom. The van der Waals surface area contributed by atoms with E-state index in [1.54, 1.807) is 6.08 Å². The summed E-state index contributed by atoms with van der Waals surface area (Å²) in [6.07, 6.45) is 4.02. The van der Waals surface area contributed by atoms with Gasteiger partial charge in [-0.1, -0.05) is 6.08 Å². The van der Waals surface area contributed by atoms with Gasteiger partial charge in [0.05, 0.1) is 6.61 Å². The van der Waals surface area contributed by atoms with Crippen molar-refractivity contribution in [3.05, 3.63) is 12.2 Å².